The number of rotatable bonds is 2. The highest BCUT2D eigenvalue weighted by molar-refractivity contribution is 8.10. The second kappa shape index (κ2) is 4.12. The third-order valence-electron chi connectivity index (χ3n) is 0.966. The second-order valence-corrected chi connectivity index (χ2v) is 3.67. The van der Waals surface area contributed by atoms with Crippen LogP contribution >= 0.6 is 24.8 Å². The zero-order valence-corrected chi connectivity index (χ0v) is 7.80. The molecule has 0 fully saturated rings. The van der Waals surface area contributed by atoms with Crippen LogP contribution in [0.2, 0.25) is 0 Å². The molecule has 0 N–H and O–H groups in total. The van der Waals surface area contributed by atoms with E-state index in [1.807, 2.05) is 11.9 Å². The SMILES string of the molecule is CC(C)CN(C)C(=S)S. The van der Waals surface area contributed by atoms with Crippen molar-refractivity contribution in [3.63, 3.8) is 0 Å². The Morgan fingerprint density at radius 1 is 1.67 bits per heavy atom. The average Bonchev–Trinajstić information content (AvgIpc) is 1.63. The Bertz CT molecular complexity index is 101. The smallest absolute Gasteiger partial charge is 0.133 e. The lowest BCUT2D eigenvalue weighted by Gasteiger charge is -2.18. The van der Waals surface area contributed by atoms with Gasteiger partial charge in [-0.25, -0.2) is 0 Å². The van der Waals surface area contributed by atoms with Gasteiger partial charge in [0.05, 0.1) is 0 Å². The van der Waals surface area contributed by atoms with E-state index in [9.17, 15) is 0 Å². The number of hydrogen-bond donors (Lipinski definition) is 1. The van der Waals surface area contributed by atoms with E-state index in [0.29, 0.717) is 10.2 Å². The molecule has 0 aliphatic heterocycles. The Labute approximate surface area is 67.8 Å². The first-order chi connectivity index (χ1) is 4.04. The summed E-state index contributed by atoms with van der Waals surface area (Å²) in [6.45, 7) is 5.30. The average molecular weight is 163 g/mol. The Balaban J connectivity index is 3.50. The van der Waals surface area contributed by atoms with E-state index in [-0.39, 0.29) is 0 Å². The summed E-state index contributed by atoms with van der Waals surface area (Å²) in [6.07, 6.45) is 0. The second-order valence-electron chi connectivity index (χ2n) is 2.56. The van der Waals surface area contributed by atoms with Gasteiger partial charge in [-0.05, 0) is 5.92 Å². The van der Waals surface area contributed by atoms with Crippen LogP contribution in [0.4, 0.5) is 0 Å². The molecule has 0 heterocycles. The fraction of sp³-hybridized carbons (Fsp3) is 0.833. The highest BCUT2D eigenvalue weighted by atomic mass is 32.1. The Morgan fingerprint density at radius 2 is 2.11 bits per heavy atom. The molecule has 0 aliphatic carbocycles. The lowest BCUT2D eigenvalue weighted by molar-refractivity contribution is 0.437. The standard InChI is InChI=1S/C6H13NS2/c1-5(2)4-7(3)6(8)9/h5H,4H2,1-3H3,(H,8,9). The van der Waals surface area contributed by atoms with Crippen LogP contribution in [0, 0.1) is 5.92 Å². The van der Waals surface area contributed by atoms with Crippen molar-refractivity contribution in [3.8, 4) is 0 Å². The van der Waals surface area contributed by atoms with Crippen molar-refractivity contribution in [1.82, 2.24) is 4.90 Å². The summed E-state index contributed by atoms with van der Waals surface area (Å²) < 4.78 is 0.670. The summed E-state index contributed by atoms with van der Waals surface area (Å²) in [4.78, 5) is 1.96. The van der Waals surface area contributed by atoms with Gasteiger partial charge in [-0.3, -0.25) is 0 Å². The molecule has 3 heteroatoms. The zero-order valence-electron chi connectivity index (χ0n) is 6.09. The van der Waals surface area contributed by atoms with Gasteiger partial charge in [0.15, 0.2) is 0 Å². The molecule has 0 aromatic carbocycles. The minimum Gasteiger partial charge on any atom is -0.361 e. The van der Waals surface area contributed by atoms with Gasteiger partial charge in [-0.15, -0.1) is 12.6 Å². The zero-order chi connectivity index (χ0) is 7.44. The fourth-order valence-corrected chi connectivity index (χ4v) is 0.782. The van der Waals surface area contributed by atoms with Crippen LogP contribution in [-0.2, 0) is 0 Å². The lowest BCUT2D eigenvalue weighted by atomic mass is 10.2. The summed E-state index contributed by atoms with van der Waals surface area (Å²) in [5, 5.41) is 0. The van der Waals surface area contributed by atoms with E-state index in [2.05, 4.69) is 26.5 Å². The third kappa shape index (κ3) is 4.73. The normalized spacial score (nSPS) is 9.89. The van der Waals surface area contributed by atoms with E-state index >= 15 is 0 Å². The van der Waals surface area contributed by atoms with Crippen molar-refractivity contribution in [2.75, 3.05) is 13.6 Å². The third-order valence-corrected chi connectivity index (χ3v) is 1.62. The van der Waals surface area contributed by atoms with Gasteiger partial charge in [-0.2, -0.15) is 0 Å². The maximum Gasteiger partial charge on any atom is 0.133 e. The van der Waals surface area contributed by atoms with Gasteiger partial charge in [0.25, 0.3) is 0 Å². The molecular weight excluding hydrogens is 150 g/mol. The van der Waals surface area contributed by atoms with Crippen LogP contribution in [0.5, 0.6) is 0 Å². The Kier molecular flexibility index (Phi) is 4.23. The molecule has 0 radical (unpaired) electrons. The van der Waals surface area contributed by atoms with E-state index in [1.54, 1.807) is 0 Å². The van der Waals surface area contributed by atoms with Crippen LogP contribution in [0.3, 0.4) is 0 Å². The van der Waals surface area contributed by atoms with Gasteiger partial charge in [-0.1, -0.05) is 26.1 Å². The van der Waals surface area contributed by atoms with E-state index in [0.717, 1.165) is 6.54 Å². The summed E-state index contributed by atoms with van der Waals surface area (Å²) in [5.74, 6) is 0.653. The molecule has 0 saturated carbocycles. The number of nitrogens with zero attached hydrogens (tertiary/aromatic N) is 1. The van der Waals surface area contributed by atoms with Crippen LogP contribution in [-0.4, -0.2) is 22.8 Å². The minimum absolute atomic E-state index is 0.653. The largest absolute Gasteiger partial charge is 0.361 e. The van der Waals surface area contributed by atoms with Crippen molar-refractivity contribution in [1.29, 1.82) is 0 Å². The Hall–Kier alpha value is 0.240. The predicted octanol–water partition coefficient (Wildman–Crippen LogP) is 1.79. The topological polar surface area (TPSA) is 3.24 Å². The van der Waals surface area contributed by atoms with Crippen molar-refractivity contribution < 1.29 is 0 Å². The highest BCUT2D eigenvalue weighted by Gasteiger charge is 2.00. The Morgan fingerprint density at radius 3 is 2.22 bits per heavy atom. The van der Waals surface area contributed by atoms with E-state index < -0.39 is 0 Å². The number of thiol groups is 1. The summed E-state index contributed by atoms with van der Waals surface area (Å²) in [6, 6.07) is 0. The number of thiocarbonyl (C=S) groups is 1. The molecule has 0 saturated heterocycles. The molecule has 0 spiro atoms. The van der Waals surface area contributed by atoms with Crippen molar-refractivity contribution in [2.24, 2.45) is 5.92 Å². The molecule has 0 rings (SSSR count). The summed E-state index contributed by atoms with van der Waals surface area (Å²) in [5.41, 5.74) is 0. The van der Waals surface area contributed by atoms with Gasteiger partial charge >= 0.3 is 0 Å². The highest BCUT2D eigenvalue weighted by Crippen LogP contribution is 1.98. The molecule has 1 nitrogen and oxygen atoms in total. The first kappa shape index (κ1) is 9.24. The van der Waals surface area contributed by atoms with Crippen molar-refractivity contribution in [2.45, 2.75) is 13.8 Å². The van der Waals surface area contributed by atoms with Crippen LogP contribution < -0.4 is 0 Å². The predicted molar refractivity (Wildman–Crippen MR) is 49.1 cm³/mol. The fourth-order valence-electron chi connectivity index (χ4n) is 0.626. The quantitative estimate of drug-likeness (QED) is 0.488. The molecule has 0 aromatic heterocycles. The van der Waals surface area contributed by atoms with Crippen LogP contribution in [0.15, 0.2) is 0 Å². The minimum atomic E-state index is 0.653. The van der Waals surface area contributed by atoms with Gasteiger partial charge in [0.2, 0.25) is 0 Å². The molecule has 0 aliphatic rings. The maximum absolute atomic E-state index is 4.83. The maximum atomic E-state index is 4.83. The molecule has 0 unspecified atom stereocenters. The van der Waals surface area contributed by atoms with Gasteiger partial charge < -0.3 is 4.90 Å². The molecule has 0 atom stereocenters. The first-order valence-corrected chi connectivity index (χ1v) is 3.83. The van der Waals surface area contributed by atoms with E-state index in [4.69, 9.17) is 12.2 Å². The molecule has 54 valence electrons. The van der Waals surface area contributed by atoms with Crippen LogP contribution in [0.1, 0.15) is 13.8 Å². The van der Waals surface area contributed by atoms with Gasteiger partial charge in [0.1, 0.15) is 4.32 Å². The van der Waals surface area contributed by atoms with Gasteiger partial charge in [0, 0.05) is 13.6 Å². The summed E-state index contributed by atoms with van der Waals surface area (Å²) >= 11 is 8.85. The molecular formula is C6H13NS2. The molecule has 0 aromatic rings. The molecule has 0 amide bonds. The number of hydrogen-bond acceptors (Lipinski definition) is 1. The van der Waals surface area contributed by atoms with Crippen LogP contribution in [0.25, 0.3) is 0 Å². The van der Waals surface area contributed by atoms with Crippen molar-refractivity contribution in [3.05, 3.63) is 0 Å². The lowest BCUT2D eigenvalue weighted by Crippen LogP contribution is -2.25. The first-order valence-electron chi connectivity index (χ1n) is 2.98. The van der Waals surface area contributed by atoms with E-state index in [1.165, 1.54) is 0 Å². The van der Waals surface area contributed by atoms with Crippen molar-refractivity contribution >= 4 is 29.2 Å². The summed E-state index contributed by atoms with van der Waals surface area (Å²) in [7, 11) is 1.95. The monoisotopic (exact) mass is 163 g/mol. The molecule has 0 bridgehead atoms. The molecule has 9 heavy (non-hydrogen) atoms.